The number of carbonyl (C=O) groups excluding carboxylic acids is 1. The highest BCUT2D eigenvalue weighted by Gasteiger charge is 2.57. The van der Waals surface area contributed by atoms with Gasteiger partial charge in [-0.05, 0) is 122 Å². The average Bonchev–Trinajstić information content (AvgIpc) is 2.95. The van der Waals surface area contributed by atoms with E-state index in [2.05, 4.69) is 67.6 Å². The lowest BCUT2D eigenvalue weighted by Gasteiger charge is -2.56. The summed E-state index contributed by atoms with van der Waals surface area (Å²) in [5.74, 6) is 2.97. The standard InChI is InChI=1S/C34H40O3S/c1-2-3-10-19-36-29-15-17-32(18-16-29)38(30-11-6-4-7-12-30,31-13-8-5-9-14-31)37-33(35)34-23-26-20-27(24-34)22-28(21-26)25-34/h4-9,11-18,26-28H,2-3,10,19-25H2,1H3. The van der Waals surface area contributed by atoms with Crippen LogP contribution in [0.25, 0.3) is 0 Å². The molecule has 0 aliphatic heterocycles. The summed E-state index contributed by atoms with van der Waals surface area (Å²) in [4.78, 5) is 17.6. The lowest BCUT2D eigenvalue weighted by Crippen LogP contribution is -2.50. The molecular weight excluding hydrogens is 488 g/mol. The summed E-state index contributed by atoms with van der Waals surface area (Å²) in [7, 11) is -2.28. The highest BCUT2D eigenvalue weighted by molar-refractivity contribution is 8.30. The molecule has 0 spiro atoms. The topological polar surface area (TPSA) is 35.5 Å². The Hall–Kier alpha value is -2.72. The van der Waals surface area contributed by atoms with Crippen molar-refractivity contribution in [1.82, 2.24) is 0 Å². The molecule has 7 rings (SSSR count). The molecule has 3 aromatic carbocycles. The van der Waals surface area contributed by atoms with Gasteiger partial charge in [-0.3, -0.25) is 4.79 Å². The zero-order valence-corrected chi connectivity index (χ0v) is 23.3. The SMILES string of the molecule is CCCCCOc1ccc(S(OC(=O)C23CC4CC(CC(C4)C2)C3)(c2ccccc2)c2ccccc2)cc1. The van der Waals surface area contributed by atoms with Gasteiger partial charge in [0.15, 0.2) is 0 Å². The molecule has 0 atom stereocenters. The van der Waals surface area contributed by atoms with Crippen molar-refractivity contribution in [2.45, 2.75) is 79.4 Å². The normalized spacial score (nSPS) is 26.2. The summed E-state index contributed by atoms with van der Waals surface area (Å²) in [5, 5.41) is 0. The maximum atomic E-state index is 14.5. The van der Waals surface area contributed by atoms with E-state index in [1.165, 1.54) is 32.1 Å². The van der Waals surface area contributed by atoms with Gasteiger partial charge in [-0.1, -0.05) is 56.2 Å². The molecule has 0 amide bonds. The molecule has 38 heavy (non-hydrogen) atoms. The summed E-state index contributed by atoms with van der Waals surface area (Å²) >= 11 is 0. The van der Waals surface area contributed by atoms with Gasteiger partial charge in [-0.25, -0.2) is 0 Å². The van der Waals surface area contributed by atoms with Crippen LogP contribution in [0.3, 0.4) is 0 Å². The van der Waals surface area contributed by atoms with Crippen molar-refractivity contribution in [3.63, 3.8) is 0 Å². The predicted octanol–water partition coefficient (Wildman–Crippen LogP) is 9.21. The molecule has 0 heterocycles. The minimum absolute atomic E-state index is 0.0270. The summed E-state index contributed by atoms with van der Waals surface area (Å²) < 4.78 is 13.1. The summed E-state index contributed by atoms with van der Waals surface area (Å²) in [6, 6.07) is 29.2. The Morgan fingerprint density at radius 2 is 1.24 bits per heavy atom. The van der Waals surface area contributed by atoms with Crippen molar-refractivity contribution in [3.8, 4) is 5.75 Å². The molecule has 0 N–H and O–H groups in total. The van der Waals surface area contributed by atoms with Crippen LogP contribution in [0.5, 0.6) is 5.75 Å². The van der Waals surface area contributed by atoms with E-state index in [4.69, 9.17) is 8.92 Å². The molecule has 3 aromatic rings. The summed E-state index contributed by atoms with van der Waals surface area (Å²) in [6.45, 7) is 2.93. The molecule has 4 saturated carbocycles. The molecule has 3 nitrogen and oxygen atoms in total. The number of unbranched alkanes of at least 4 members (excludes halogenated alkanes) is 2. The largest absolute Gasteiger partial charge is 0.494 e. The van der Waals surface area contributed by atoms with Gasteiger partial charge >= 0.3 is 5.97 Å². The second-order valence-corrected chi connectivity index (χ2v) is 14.5. The van der Waals surface area contributed by atoms with Gasteiger partial charge < -0.3 is 8.92 Å². The number of hydrogen-bond donors (Lipinski definition) is 0. The lowest BCUT2D eigenvalue weighted by molar-refractivity contribution is -0.160. The van der Waals surface area contributed by atoms with Crippen LogP contribution >= 0.6 is 10.3 Å². The van der Waals surface area contributed by atoms with Crippen LogP contribution in [0.1, 0.15) is 64.7 Å². The number of ether oxygens (including phenoxy) is 1. The molecule has 4 heteroatoms. The van der Waals surface area contributed by atoms with E-state index in [1.54, 1.807) is 0 Å². The van der Waals surface area contributed by atoms with Crippen LogP contribution < -0.4 is 4.74 Å². The molecule has 0 unspecified atom stereocenters. The smallest absolute Gasteiger partial charge is 0.323 e. The van der Waals surface area contributed by atoms with Crippen LogP contribution in [0.4, 0.5) is 0 Å². The fourth-order valence-corrected chi connectivity index (χ4v) is 10.7. The Balaban J connectivity index is 1.40. The van der Waals surface area contributed by atoms with Crippen LogP contribution in [-0.2, 0) is 8.98 Å². The van der Waals surface area contributed by atoms with Gasteiger partial charge in [0.2, 0.25) is 0 Å². The van der Waals surface area contributed by atoms with Gasteiger partial charge in [0, 0.05) is 14.7 Å². The van der Waals surface area contributed by atoms with E-state index < -0.39 is 10.3 Å². The summed E-state index contributed by atoms with van der Waals surface area (Å²) in [6.07, 6.45) is 10.3. The molecule has 200 valence electrons. The maximum absolute atomic E-state index is 14.5. The first-order valence-electron chi connectivity index (χ1n) is 14.5. The zero-order chi connectivity index (χ0) is 26.0. The average molecular weight is 529 g/mol. The summed E-state index contributed by atoms with van der Waals surface area (Å²) in [5.41, 5.74) is -0.321. The van der Waals surface area contributed by atoms with E-state index in [0.29, 0.717) is 17.8 Å². The molecule has 0 saturated heterocycles. The highest BCUT2D eigenvalue weighted by atomic mass is 32.3. The van der Waals surface area contributed by atoms with E-state index in [9.17, 15) is 4.79 Å². The predicted molar refractivity (Wildman–Crippen MR) is 153 cm³/mol. The lowest BCUT2D eigenvalue weighted by atomic mass is 9.49. The monoisotopic (exact) mass is 528 g/mol. The molecule has 4 aliphatic rings. The van der Waals surface area contributed by atoms with E-state index in [1.807, 2.05) is 24.3 Å². The fraction of sp³-hybridized carbons (Fsp3) is 0.441. The first-order chi connectivity index (χ1) is 18.6. The van der Waals surface area contributed by atoms with Crippen molar-refractivity contribution >= 4 is 16.3 Å². The minimum atomic E-state index is -2.28. The van der Waals surface area contributed by atoms with Crippen LogP contribution in [-0.4, -0.2) is 12.6 Å². The molecule has 4 bridgehead atoms. The molecular formula is C34H40O3S. The zero-order valence-electron chi connectivity index (χ0n) is 22.5. The minimum Gasteiger partial charge on any atom is -0.494 e. The van der Waals surface area contributed by atoms with Crippen LogP contribution in [0, 0.1) is 23.2 Å². The first-order valence-corrected chi connectivity index (χ1v) is 16.1. The van der Waals surface area contributed by atoms with E-state index in [0.717, 1.165) is 52.7 Å². The third kappa shape index (κ3) is 4.77. The van der Waals surface area contributed by atoms with Crippen LogP contribution in [0.15, 0.2) is 99.6 Å². The molecule has 0 radical (unpaired) electrons. The Bertz CT molecular complexity index is 1150. The van der Waals surface area contributed by atoms with Gasteiger partial charge in [0.25, 0.3) is 0 Å². The van der Waals surface area contributed by atoms with Crippen molar-refractivity contribution in [2.75, 3.05) is 6.61 Å². The Morgan fingerprint density at radius 3 is 1.74 bits per heavy atom. The highest BCUT2D eigenvalue weighted by Crippen LogP contribution is 2.71. The number of benzene rings is 3. The van der Waals surface area contributed by atoms with Gasteiger partial charge in [0.05, 0.1) is 12.0 Å². The number of carbonyl (C=O) groups is 1. The van der Waals surface area contributed by atoms with Gasteiger partial charge in [-0.2, -0.15) is 0 Å². The Morgan fingerprint density at radius 1 is 0.737 bits per heavy atom. The fourth-order valence-electron chi connectivity index (χ4n) is 7.61. The Labute approximate surface area is 229 Å². The van der Waals surface area contributed by atoms with Crippen molar-refractivity contribution in [1.29, 1.82) is 0 Å². The van der Waals surface area contributed by atoms with Crippen molar-refractivity contribution in [3.05, 3.63) is 84.9 Å². The maximum Gasteiger partial charge on any atom is 0.323 e. The third-order valence-electron chi connectivity index (χ3n) is 8.99. The van der Waals surface area contributed by atoms with Crippen molar-refractivity contribution < 1.29 is 13.7 Å². The molecule has 0 aromatic heterocycles. The van der Waals surface area contributed by atoms with E-state index >= 15 is 0 Å². The third-order valence-corrected chi connectivity index (χ3v) is 12.2. The van der Waals surface area contributed by atoms with Crippen molar-refractivity contribution in [2.24, 2.45) is 23.2 Å². The Kier molecular flexibility index (Phi) is 7.27. The van der Waals surface area contributed by atoms with E-state index in [-0.39, 0.29) is 11.4 Å². The van der Waals surface area contributed by atoms with Crippen LogP contribution in [0.2, 0.25) is 0 Å². The first kappa shape index (κ1) is 25.6. The quantitative estimate of drug-likeness (QED) is 0.246. The number of rotatable bonds is 10. The second-order valence-electron chi connectivity index (χ2n) is 11.8. The van der Waals surface area contributed by atoms with Gasteiger partial charge in [0.1, 0.15) is 5.75 Å². The molecule has 4 fully saturated rings. The molecule has 4 aliphatic carbocycles. The van der Waals surface area contributed by atoms with Gasteiger partial charge in [-0.15, -0.1) is 0 Å². The second kappa shape index (κ2) is 10.8. The number of hydrogen-bond acceptors (Lipinski definition) is 3.